The predicted octanol–water partition coefficient (Wildman–Crippen LogP) is -1.56. The summed E-state index contributed by atoms with van der Waals surface area (Å²) in [4.78, 5) is 0. The first-order chi connectivity index (χ1) is 1.73. The Morgan fingerprint density at radius 1 is 1.60 bits per heavy atom. The quantitative estimate of drug-likeness (QED) is 0.287. The van der Waals surface area contributed by atoms with E-state index in [1.165, 1.54) is 0 Å². The van der Waals surface area contributed by atoms with Crippen LogP contribution in [0.1, 0.15) is 15.3 Å². The van der Waals surface area contributed by atoms with Crippen molar-refractivity contribution in [2.24, 2.45) is 0 Å². The van der Waals surface area contributed by atoms with Crippen molar-refractivity contribution in [3.63, 3.8) is 0 Å². The summed E-state index contributed by atoms with van der Waals surface area (Å²) >= 11 is 3.97. The average Bonchev–Trinajstić information content (AvgIpc) is 0.811. The van der Waals surface area contributed by atoms with Gasteiger partial charge in [0.25, 0.3) is 0 Å². The number of thiol groups is 1. The zero-order chi connectivity index (χ0) is 3.58. The van der Waals surface area contributed by atoms with Crippen molar-refractivity contribution in [1.29, 1.82) is 0 Å². The van der Waals surface area contributed by atoms with E-state index in [-0.39, 0.29) is 52.8 Å². The van der Waals surface area contributed by atoms with Gasteiger partial charge in [0, 0.05) is 0 Å². The molecule has 0 aliphatic rings. The van der Waals surface area contributed by atoms with Crippen LogP contribution in [0.3, 0.4) is 0 Å². The van der Waals surface area contributed by atoms with E-state index >= 15 is 0 Å². The molecule has 0 radical (unpaired) electrons. The van der Waals surface area contributed by atoms with Gasteiger partial charge in [-0.15, -0.1) is 0 Å². The van der Waals surface area contributed by atoms with Crippen LogP contribution in [0.2, 0.25) is 0 Å². The number of hydrogen-bond acceptors (Lipinski definition) is 1. The Morgan fingerprint density at radius 2 is 1.60 bits per heavy atom. The van der Waals surface area contributed by atoms with Crippen molar-refractivity contribution in [2.75, 3.05) is 0 Å². The molecule has 0 saturated carbocycles. The third-order valence-electron chi connectivity index (χ3n) is 0. The minimum absolute atomic E-state index is 0. The molecule has 0 amide bonds. The summed E-state index contributed by atoms with van der Waals surface area (Å²) in [6, 6.07) is 0. The predicted molar refractivity (Wildman–Crippen MR) is 25.2 cm³/mol. The minimum atomic E-state index is 0. The summed E-state index contributed by atoms with van der Waals surface area (Å²) in [5.74, 6) is 0. The second-order valence-corrected chi connectivity index (χ2v) is 2.13. The normalized spacial score (nSPS) is 7.20. The topological polar surface area (TPSA) is 0 Å². The molecule has 0 heterocycles. The third kappa shape index (κ3) is 24.1. The van der Waals surface area contributed by atoms with E-state index in [1.807, 2.05) is 13.8 Å². The summed E-state index contributed by atoms with van der Waals surface area (Å²) in [5.41, 5.74) is 0. The summed E-state index contributed by atoms with van der Waals surface area (Å²) in [6.45, 7) is 4.06. The first-order valence-corrected chi connectivity index (χ1v) is 1.93. The molecule has 0 bridgehead atoms. The van der Waals surface area contributed by atoms with Crippen LogP contribution < -0.4 is 51.4 Å². The first kappa shape index (κ1) is 10.1. The molecular formula is C3H9KS. The summed E-state index contributed by atoms with van der Waals surface area (Å²) in [5, 5.41) is 0.528. The van der Waals surface area contributed by atoms with E-state index < -0.39 is 0 Å². The molecule has 28 valence electrons. The van der Waals surface area contributed by atoms with Crippen LogP contribution in [-0.2, 0) is 0 Å². The fraction of sp³-hybridized carbons (Fsp3) is 1.00. The maximum Gasteiger partial charge on any atom is 1.00 e. The zero-order valence-electron chi connectivity index (χ0n) is 5.02. The van der Waals surface area contributed by atoms with Crippen molar-refractivity contribution in [1.82, 2.24) is 0 Å². The molecule has 0 aromatic heterocycles. The Morgan fingerprint density at radius 3 is 1.60 bits per heavy atom. The molecule has 0 saturated heterocycles. The van der Waals surface area contributed by atoms with Crippen molar-refractivity contribution in [3.8, 4) is 0 Å². The molecule has 0 atom stereocenters. The summed E-state index contributed by atoms with van der Waals surface area (Å²) in [7, 11) is 0. The molecule has 0 fully saturated rings. The van der Waals surface area contributed by atoms with Gasteiger partial charge in [-0.2, -0.15) is 12.6 Å². The monoisotopic (exact) mass is 116 g/mol. The van der Waals surface area contributed by atoms with Crippen LogP contribution in [0.4, 0.5) is 0 Å². The van der Waals surface area contributed by atoms with Crippen molar-refractivity contribution >= 4 is 12.6 Å². The Labute approximate surface area is 83.0 Å². The molecular weight excluding hydrogens is 107 g/mol. The number of hydrogen-bond donors (Lipinski definition) is 1. The van der Waals surface area contributed by atoms with Gasteiger partial charge in [-0.25, -0.2) is 0 Å². The molecule has 2 heteroatoms. The maximum absolute atomic E-state index is 3.97. The van der Waals surface area contributed by atoms with Gasteiger partial charge in [0.1, 0.15) is 0 Å². The molecule has 0 rings (SSSR count). The molecule has 0 aromatic carbocycles. The molecule has 0 aromatic rings. The fourth-order valence-electron chi connectivity index (χ4n) is 0. The van der Waals surface area contributed by atoms with Crippen LogP contribution in [0.25, 0.3) is 0 Å². The van der Waals surface area contributed by atoms with Crippen LogP contribution >= 0.6 is 12.6 Å². The molecule has 5 heavy (non-hydrogen) atoms. The van der Waals surface area contributed by atoms with E-state index in [1.54, 1.807) is 0 Å². The smallest absolute Gasteiger partial charge is 1.00 e. The van der Waals surface area contributed by atoms with Crippen molar-refractivity contribution < 1.29 is 52.8 Å². The van der Waals surface area contributed by atoms with E-state index in [2.05, 4.69) is 12.6 Å². The molecule has 0 aliphatic heterocycles. The largest absolute Gasteiger partial charge is 1.00 e. The Balaban J connectivity index is -0.0000000450. The molecule has 0 spiro atoms. The van der Waals surface area contributed by atoms with Gasteiger partial charge in [-0.05, 0) is 5.25 Å². The van der Waals surface area contributed by atoms with Gasteiger partial charge in [0.2, 0.25) is 0 Å². The first-order valence-electron chi connectivity index (χ1n) is 1.41. The van der Waals surface area contributed by atoms with Crippen LogP contribution in [-0.4, -0.2) is 5.25 Å². The van der Waals surface area contributed by atoms with E-state index in [9.17, 15) is 0 Å². The van der Waals surface area contributed by atoms with E-state index in [4.69, 9.17) is 0 Å². The van der Waals surface area contributed by atoms with Crippen LogP contribution in [0.5, 0.6) is 0 Å². The van der Waals surface area contributed by atoms with Gasteiger partial charge in [-0.3, -0.25) is 0 Å². The summed E-state index contributed by atoms with van der Waals surface area (Å²) in [6.07, 6.45) is 0. The standard InChI is InChI=1S/C3H8S.K.H/c1-3(2)4;;/h3-4H,1-2H3;;/q;+1;-1. The third-order valence-corrected chi connectivity index (χ3v) is 0. The van der Waals surface area contributed by atoms with Gasteiger partial charge in [0.05, 0.1) is 0 Å². The van der Waals surface area contributed by atoms with Crippen molar-refractivity contribution in [2.45, 2.75) is 19.1 Å². The Hall–Kier alpha value is 1.99. The molecule has 0 unspecified atom stereocenters. The van der Waals surface area contributed by atoms with Gasteiger partial charge >= 0.3 is 51.4 Å². The Bertz CT molecular complexity index is 15.5. The molecule has 0 N–H and O–H groups in total. The van der Waals surface area contributed by atoms with Crippen molar-refractivity contribution in [3.05, 3.63) is 0 Å². The maximum atomic E-state index is 3.97. The Kier molecular flexibility index (Phi) is 12.1. The second kappa shape index (κ2) is 5.99. The minimum Gasteiger partial charge on any atom is -1.00 e. The average molecular weight is 116 g/mol. The van der Waals surface area contributed by atoms with Crippen LogP contribution in [0.15, 0.2) is 0 Å². The summed E-state index contributed by atoms with van der Waals surface area (Å²) < 4.78 is 0. The van der Waals surface area contributed by atoms with Crippen LogP contribution in [0, 0.1) is 0 Å². The van der Waals surface area contributed by atoms with Gasteiger partial charge in [-0.1, -0.05) is 13.8 Å². The molecule has 0 nitrogen and oxygen atoms in total. The van der Waals surface area contributed by atoms with Gasteiger partial charge in [0.15, 0.2) is 0 Å². The second-order valence-electron chi connectivity index (χ2n) is 1.09. The molecule has 0 aliphatic carbocycles. The van der Waals surface area contributed by atoms with E-state index in [0.29, 0.717) is 5.25 Å². The fourth-order valence-corrected chi connectivity index (χ4v) is 0. The SMILES string of the molecule is CC(C)S.[H-].[K+]. The van der Waals surface area contributed by atoms with E-state index in [0.717, 1.165) is 0 Å². The van der Waals surface area contributed by atoms with Gasteiger partial charge < -0.3 is 1.43 Å². The number of rotatable bonds is 0. The zero-order valence-corrected chi connectivity index (χ0v) is 8.04.